The lowest BCUT2D eigenvalue weighted by Gasteiger charge is -2.33. The van der Waals surface area contributed by atoms with Gasteiger partial charge in [-0.2, -0.15) is 0 Å². The Labute approximate surface area is 137 Å². The van der Waals surface area contributed by atoms with E-state index in [4.69, 9.17) is 4.74 Å². The van der Waals surface area contributed by atoms with E-state index in [-0.39, 0.29) is 6.04 Å². The summed E-state index contributed by atoms with van der Waals surface area (Å²) in [6.45, 7) is 2.97. The van der Waals surface area contributed by atoms with E-state index in [1.807, 2.05) is 23.7 Å². The molecular formula is C15H16N6OS. The van der Waals surface area contributed by atoms with Crippen molar-refractivity contribution in [2.45, 2.75) is 12.6 Å². The molecule has 1 fully saturated rings. The molecule has 4 heterocycles. The molecular weight excluding hydrogens is 312 g/mol. The molecule has 23 heavy (non-hydrogen) atoms. The molecule has 0 amide bonds. The van der Waals surface area contributed by atoms with Crippen LogP contribution in [-0.4, -0.2) is 49.2 Å². The van der Waals surface area contributed by atoms with Crippen LogP contribution in [0.2, 0.25) is 0 Å². The highest BCUT2D eigenvalue weighted by Crippen LogP contribution is 2.26. The van der Waals surface area contributed by atoms with Gasteiger partial charge in [-0.3, -0.25) is 9.88 Å². The number of aromatic nitrogens is 5. The van der Waals surface area contributed by atoms with Crippen LogP contribution in [0.5, 0.6) is 0 Å². The first kappa shape index (κ1) is 14.4. The highest BCUT2D eigenvalue weighted by molar-refractivity contribution is 7.03. The molecule has 0 bridgehead atoms. The highest BCUT2D eigenvalue weighted by Gasteiger charge is 2.27. The summed E-state index contributed by atoms with van der Waals surface area (Å²) in [5, 5.41) is 6.12. The van der Waals surface area contributed by atoms with Crippen LogP contribution < -0.4 is 0 Å². The Morgan fingerprint density at radius 3 is 3.09 bits per heavy atom. The number of morpholine rings is 1. The fourth-order valence-corrected chi connectivity index (χ4v) is 3.17. The van der Waals surface area contributed by atoms with Crippen molar-refractivity contribution >= 4 is 11.5 Å². The monoisotopic (exact) mass is 328 g/mol. The van der Waals surface area contributed by atoms with Gasteiger partial charge in [0.2, 0.25) is 0 Å². The summed E-state index contributed by atoms with van der Waals surface area (Å²) in [5.41, 5.74) is 3.05. The first-order valence-corrected chi connectivity index (χ1v) is 8.27. The number of ether oxygens (including phenoxy) is 1. The van der Waals surface area contributed by atoms with Crippen LogP contribution in [0.15, 0.2) is 36.1 Å². The van der Waals surface area contributed by atoms with Crippen molar-refractivity contribution in [1.82, 2.24) is 29.4 Å². The summed E-state index contributed by atoms with van der Waals surface area (Å²) in [6.07, 6.45) is 5.42. The number of nitrogens with one attached hydrogen (secondary N) is 1. The quantitative estimate of drug-likeness (QED) is 0.788. The Hall–Kier alpha value is -2.16. The number of H-pyrrole nitrogens is 1. The van der Waals surface area contributed by atoms with E-state index in [1.54, 1.807) is 12.4 Å². The first-order chi connectivity index (χ1) is 11.4. The maximum atomic E-state index is 5.66. The second kappa shape index (κ2) is 6.53. The second-order valence-corrected chi connectivity index (χ2v) is 5.99. The van der Waals surface area contributed by atoms with Gasteiger partial charge in [-0.15, -0.1) is 5.10 Å². The van der Waals surface area contributed by atoms with Crippen LogP contribution in [0.3, 0.4) is 0 Å². The summed E-state index contributed by atoms with van der Waals surface area (Å²) in [7, 11) is 0. The highest BCUT2D eigenvalue weighted by atomic mass is 32.1. The van der Waals surface area contributed by atoms with Gasteiger partial charge in [0.15, 0.2) is 0 Å². The fourth-order valence-electron chi connectivity index (χ4n) is 2.72. The van der Waals surface area contributed by atoms with Crippen molar-refractivity contribution in [3.63, 3.8) is 0 Å². The molecule has 0 aliphatic carbocycles. The predicted molar refractivity (Wildman–Crippen MR) is 85.7 cm³/mol. The minimum atomic E-state index is 0.0982. The van der Waals surface area contributed by atoms with E-state index >= 15 is 0 Å². The number of nitrogens with zero attached hydrogens (tertiary/aromatic N) is 5. The van der Waals surface area contributed by atoms with E-state index in [1.165, 1.54) is 11.5 Å². The molecule has 7 nitrogen and oxygen atoms in total. The zero-order chi connectivity index (χ0) is 15.5. The molecule has 1 aliphatic rings. The normalized spacial score (nSPS) is 19.0. The number of hydrogen-bond acceptors (Lipinski definition) is 7. The minimum absolute atomic E-state index is 0.0982. The smallest absolute Gasteiger partial charge is 0.126 e. The third-order valence-corrected chi connectivity index (χ3v) is 4.47. The number of imidazole rings is 1. The molecule has 3 aromatic heterocycles. The fraction of sp³-hybridized carbons (Fsp3) is 0.333. The Morgan fingerprint density at radius 1 is 1.35 bits per heavy atom. The molecule has 1 atom stereocenters. The van der Waals surface area contributed by atoms with Crippen molar-refractivity contribution in [1.29, 1.82) is 0 Å². The van der Waals surface area contributed by atoms with Gasteiger partial charge >= 0.3 is 0 Å². The van der Waals surface area contributed by atoms with Crippen LogP contribution in [0.4, 0.5) is 0 Å². The van der Waals surface area contributed by atoms with Crippen molar-refractivity contribution < 1.29 is 4.74 Å². The summed E-state index contributed by atoms with van der Waals surface area (Å²) >= 11 is 1.38. The van der Waals surface area contributed by atoms with Crippen molar-refractivity contribution in [2.24, 2.45) is 0 Å². The molecule has 0 saturated carbocycles. The maximum Gasteiger partial charge on any atom is 0.126 e. The average molecular weight is 328 g/mol. The van der Waals surface area contributed by atoms with Crippen LogP contribution in [0.25, 0.3) is 11.3 Å². The number of aromatic amines is 1. The lowest BCUT2D eigenvalue weighted by Crippen LogP contribution is -2.39. The molecule has 1 saturated heterocycles. The molecule has 3 aromatic rings. The second-order valence-electron chi connectivity index (χ2n) is 5.38. The first-order valence-electron chi connectivity index (χ1n) is 7.43. The van der Waals surface area contributed by atoms with E-state index < -0.39 is 0 Å². The maximum absolute atomic E-state index is 5.66. The SMILES string of the molecule is c1cc(-c2cnc(C3COCCN3Cc3csnn3)[nH]2)ccn1. The standard InChI is InChI=1S/C15H16N6OS/c1-3-16-4-2-11(1)13-7-17-15(18-13)14-9-22-6-5-21(14)8-12-10-23-20-19-12/h1-4,7,10,14H,5-6,8-9H2,(H,17,18). The Morgan fingerprint density at radius 2 is 2.26 bits per heavy atom. The molecule has 118 valence electrons. The van der Waals surface area contributed by atoms with Crippen molar-refractivity contribution in [2.75, 3.05) is 19.8 Å². The lowest BCUT2D eigenvalue weighted by atomic mass is 10.2. The minimum Gasteiger partial charge on any atom is -0.378 e. The molecule has 0 spiro atoms. The zero-order valence-corrected chi connectivity index (χ0v) is 13.2. The topological polar surface area (TPSA) is 79.8 Å². The molecule has 1 unspecified atom stereocenters. The number of hydrogen-bond donors (Lipinski definition) is 1. The summed E-state index contributed by atoms with van der Waals surface area (Å²) in [5.74, 6) is 0.916. The van der Waals surface area contributed by atoms with E-state index in [9.17, 15) is 0 Å². The summed E-state index contributed by atoms with van der Waals surface area (Å²) in [4.78, 5) is 14.4. The van der Waals surface area contributed by atoms with E-state index in [0.29, 0.717) is 6.61 Å². The van der Waals surface area contributed by atoms with Gasteiger partial charge in [-0.1, -0.05) is 4.49 Å². The molecule has 0 aromatic carbocycles. The van der Waals surface area contributed by atoms with Crippen LogP contribution in [0.1, 0.15) is 17.6 Å². The van der Waals surface area contributed by atoms with Gasteiger partial charge in [0.1, 0.15) is 5.82 Å². The van der Waals surface area contributed by atoms with E-state index in [0.717, 1.165) is 42.5 Å². The van der Waals surface area contributed by atoms with Crippen molar-refractivity contribution in [3.8, 4) is 11.3 Å². The van der Waals surface area contributed by atoms with Gasteiger partial charge in [0.05, 0.1) is 36.8 Å². The average Bonchev–Trinajstić information content (AvgIpc) is 3.28. The van der Waals surface area contributed by atoms with Crippen molar-refractivity contribution in [3.05, 3.63) is 47.6 Å². The molecule has 0 radical (unpaired) electrons. The summed E-state index contributed by atoms with van der Waals surface area (Å²) in [6, 6.07) is 4.03. The van der Waals surface area contributed by atoms with Gasteiger partial charge in [-0.25, -0.2) is 4.98 Å². The van der Waals surface area contributed by atoms with Gasteiger partial charge in [-0.05, 0) is 23.7 Å². The number of pyridine rings is 1. The Bertz CT molecular complexity index is 744. The predicted octanol–water partition coefficient (Wildman–Crippen LogP) is 1.90. The van der Waals surface area contributed by atoms with Crippen LogP contribution in [-0.2, 0) is 11.3 Å². The Balaban J connectivity index is 1.56. The number of rotatable bonds is 4. The molecule has 4 rings (SSSR count). The zero-order valence-electron chi connectivity index (χ0n) is 12.4. The lowest BCUT2D eigenvalue weighted by molar-refractivity contribution is -0.0161. The molecule has 1 N–H and O–H groups in total. The van der Waals surface area contributed by atoms with Crippen LogP contribution in [0, 0.1) is 0 Å². The molecule has 1 aliphatic heterocycles. The third kappa shape index (κ3) is 3.14. The van der Waals surface area contributed by atoms with Gasteiger partial charge in [0.25, 0.3) is 0 Å². The van der Waals surface area contributed by atoms with Crippen LogP contribution >= 0.6 is 11.5 Å². The van der Waals surface area contributed by atoms with Gasteiger partial charge < -0.3 is 9.72 Å². The van der Waals surface area contributed by atoms with E-state index in [2.05, 4.69) is 29.4 Å². The summed E-state index contributed by atoms with van der Waals surface area (Å²) < 4.78 is 9.59. The third-order valence-electron chi connectivity index (χ3n) is 3.91. The Kier molecular flexibility index (Phi) is 4.10. The largest absolute Gasteiger partial charge is 0.378 e. The molecule has 8 heteroatoms. The van der Waals surface area contributed by atoms with Gasteiger partial charge in [0, 0.05) is 36.4 Å².